The van der Waals surface area contributed by atoms with Gasteiger partial charge in [0.1, 0.15) is 0 Å². The third-order valence-corrected chi connectivity index (χ3v) is 4.34. The summed E-state index contributed by atoms with van der Waals surface area (Å²) >= 11 is 0. The molecule has 7 heteroatoms. The van der Waals surface area contributed by atoms with Crippen molar-refractivity contribution in [3.05, 3.63) is 71.3 Å². The fraction of sp³-hybridized carbons (Fsp3) is 0.333. The molecule has 1 heterocycles. The van der Waals surface area contributed by atoms with Gasteiger partial charge in [-0.2, -0.15) is 13.2 Å². The van der Waals surface area contributed by atoms with E-state index in [1.165, 1.54) is 12.1 Å². The predicted molar refractivity (Wildman–Crippen MR) is 90.3 cm³/mol. The predicted octanol–water partition coefficient (Wildman–Crippen LogP) is 4.02. The first-order chi connectivity index (χ1) is 11.3. The topological polar surface area (TPSA) is 41.5 Å². The molecule has 2 N–H and O–H groups in total. The summed E-state index contributed by atoms with van der Waals surface area (Å²) in [5.74, 6) is -1.67. The molecule has 0 saturated carbocycles. The normalized spacial score (nSPS) is 26.8. The lowest BCUT2D eigenvalue weighted by atomic mass is 9.94. The van der Waals surface area contributed by atoms with Crippen LogP contribution in [0.1, 0.15) is 29.7 Å². The maximum absolute atomic E-state index is 12.7. The quantitative estimate of drug-likeness (QED) is 0.835. The molecule has 2 aromatic rings. The largest absolute Gasteiger partial charge is 0.416 e. The molecule has 1 aliphatic heterocycles. The molecule has 0 aliphatic carbocycles. The monoisotopic (exact) mass is 373 g/mol. The Morgan fingerprint density at radius 1 is 1.08 bits per heavy atom. The van der Waals surface area contributed by atoms with E-state index in [1.54, 1.807) is 6.92 Å². The number of aliphatic hydroxyl groups is 1. The van der Waals surface area contributed by atoms with Gasteiger partial charge >= 0.3 is 6.18 Å². The minimum atomic E-state index is -4.41. The molecule has 3 nitrogen and oxygen atoms in total. The highest BCUT2D eigenvalue weighted by atomic mass is 35.5. The summed E-state index contributed by atoms with van der Waals surface area (Å²) in [7, 11) is 0. The second-order valence-corrected chi connectivity index (χ2v) is 5.93. The summed E-state index contributed by atoms with van der Waals surface area (Å²) in [6.07, 6.45) is -4.41. The highest BCUT2D eigenvalue weighted by Gasteiger charge is 2.43. The maximum Gasteiger partial charge on any atom is 0.416 e. The van der Waals surface area contributed by atoms with E-state index in [4.69, 9.17) is 4.74 Å². The van der Waals surface area contributed by atoms with E-state index in [-0.39, 0.29) is 25.1 Å². The van der Waals surface area contributed by atoms with Crippen LogP contribution in [0.5, 0.6) is 0 Å². The molecule has 3 unspecified atom stereocenters. The van der Waals surface area contributed by atoms with Crippen LogP contribution in [0.15, 0.2) is 54.6 Å². The summed E-state index contributed by atoms with van der Waals surface area (Å²) in [4.78, 5) is 0. The van der Waals surface area contributed by atoms with Crippen molar-refractivity contribution in [1.29, 1.82) is 0 Å². The zero-order valence-corrected chi connectivity index (χ0v) is 14.3. The van der Waals surface area contributed by atoms with Crippen molar-refractivity contribution in [3.63, 3.8) is 0 Å². The van der Waals surface area contributed by atoms with Gasteiger partial charge in [-0.15, -0.1) is 12.4 Å². The number of halogens is 4. The number of ether oxygens (including phenoxy) is 1. The van der Waals surface area contributed by atoms with E-state index in [1.807, 2.05) is 30.3 Å². The molecular formula is C18H19ClF3NO2. The number of rotatable bonds is 2. The van der Waals surface area contributed by atoms with Gasteiger partial charge in [0.15, 0.2) is 0 Å². The highest BCUT2D eigenvalue weighted by Crippen LogP contribution is 2.36. The Morgan fingerprint density at radius 3 is 2.20 bits per heavy atom. The number of hydrogen-bond donors (Lipinski definition) is 2. The highest BCUT2D eigenvalue weighted by molar-refractivity contribution is 5.85. The number of hydrogen-bond acceptors (Lipinski definition) is 3. The van der Waals surface area contributed by atoms with E-state index in [9.17, 15) is 18.3 Å². The molecule has 1 aliphatic rings. The van der Waals surface area contributed by atoms with Gasteiger partial charge < -0.3 is 15.2 Å². The van der Waals surface area contributed by atoms with Gasteiger partial charge in [-0.3, -0.25) is 0 Å². The molecule has 1 saturated heterocycles. The number of nitrogens with one attached hydrogen (secondary N) is 1. The van der Waals surface area contributed by atoms with Crippen molar-refractivity contribution in [3.8, 4) is 0 Å². The van der Waals surface area contributed by atoms with Crippen molar-refractivity contribution in [2.24, 2.45) is 0 Å². The van der Waals surface area contributed by atoms with Gasteiger partial charge in [0.2, 0.25) is 5.79 Å². The molecule has 0 bridgehead atoms. The Balaban J connectivity index is 0.00000225. The third kappa shape index (κ3) is 3.98. The fourth-order valence-corrected chi connectivity index (χ4v) is 2.91. The first-order valence-electron chi connectivity index (χ1n) is 7.66. The lowest BCUT2D eigenvalue weighted by Crippen LogP contribution is -2.55. The van der Waals surface area contributed by atoms with E-state index in [0.29, 0.717) is 5.56 Å². The minimum absolute atomic E-state index is 0. The average Bonchev–Trinajstić information content (AvgIpc) is 2.57. The second kappa shape index (κ2) is 7.33. The van der Waals surface area contributed by atoms with Crippen LogP contribution in [0.4, 0.5) is 13.2 Å². The Hall–Kier alpha value is -1.60. The Labute approximate surface area is 150 Å². The number of benzene rings is 2. The van der Waals surface area contributed by atoms with Crippen molar-refractivity contribution in [1.82, 2.24) is 5.32 Å². The van der Waals surface area contributed by atoms with Crippen LogP contribution >= 0.6 is 12.4 Å². The molecule has 2 aromatic carbocycles. The van der Waals surface area contributed by atoms with Crippen molar-refractivity contribution in [2.75, 3.05) is 6.61 Å². The summed E-state index contributed by atoms with van der Waals surface area (Å²) in [6, 6.07) is 13.5. The van der Waals surface area contributed by atoms with Crippen LogP contribution in [-0.4, -0.2) is 17.8 Å². The van der Waals surface area contributed by atoms with Crippen LogP contribution in [0.3, 0.4) is 0 Å². The van der Waals surface area contributed by atoms with Gasteiger partial charge in [-0.25, -0.2) is 0 Å². The summed E-state index contributed by atoms with van der Waals surface area (Å²) in [5, 5.41) is 14.1. The van der Waals surface area contributed by atoms with Crippen LogP contribution in [0.25, 0.3) is 0 Å². The molecule has 1 fully saturated rings. The van der Waals surface area contributed by atoms with Crippen molar-refractivity contribution >= 4 is 12.4 Å². The third-order valence-electron chi connectivity index (χ3n) is 4.34. The van der Waals surface area contributed by atoms with Crippen molar-refractivity contribution in [2.45, 2.75) is 31.0 Å². The Kier molecular flexibility index (Phi) is 5.79. The smallest absolute Gasteiger partial charge is 0.361 e. The van der Waals surface area contributed by atoms with E-state index >= 15 is 0 Å². The van der Waals surface area contributed by atoms with Gasteiger partial charge in [0.25, 0.3) is 0 Å². The lowest BCUT2D eigenvalue weighted by molar-refractivity contribution is -0.254. The molecule has 0 spiro atoms. The van der Waals surface area contributed by atoms with E-state index in [2.05, 4.69) is 5.32 Å². The first kappa shape index (κ1) is 19.7. The molecule has 136 valence electrons. The summed E-state index contributed by atoms with van der Waals surface area (Å²) in [5.41, 5.74) is 0.564. The molecule has 0 radical (unpaired) electrons. The van der Waals surface area contributed by atoms with Crippen LogP contribution in [0.2, 0.25) is 0 Å². The zero-order chi connectivity index (χ0) is 17.4. The van der Waals surface area contributed by atoms with Crippen molar-refractivity contribution < 1.29 is 23.0 Å². The molecule has 0 amide bonds. The van der Waals surface area contributed by atoms with Crippen LogP contribution in [-0.2, 0) is 16.7 Å². The zero-order valence-electron chi connectivity index (χ0n) is 13.5. The maximum atomic E-state index is 12.7. The van der Waals surface area contributed by atoms with E-state index in [0.717, 1.165) is 17.7 Å². The second-order valence-electron chi connectivity index (χ2n) is 5.93. The lowest BCUT2D eigenvalue weighted by Gasteiger charge is -2.42. The molecule has 3 atom stereocenters. The fourth-order valence-electron chi connectivity index (χ4n) is 2.91. The first-order valence-corrected chi connectivity index (χ1v) is 7.66. The Bertz CT molecular complexity index is 694. The molecule has 3 rings (SSSR count). The standard InChI is InChI=1S/C18H18F3NO2.ClH/c1-12-17(23,14-7-9-15(10-8-14)18(19,20)21)24-11-16(22-12)13-5-3-2-4-6-13;/h2-10,12,16,22-23H,11H2,1H3;1H. The molecular weight excluding hydrogens is 355 g/mol. The summed E-state index contributed by atoms with van der Waals surface area (Å²) < 4.78 is 43.7. The van der Waals surface area contributed by atoms with Gasteiger partial charge in [0.05, 0.1) is 24.3 Å². The number of morpholine rings is 1. The van der Waals surface area contributed by atoms with Crippen LogP contribution in [0, 0.1) is 0 Å². The molecule has 0 aromatic heterocycles. The number of alkyl halides is 3. The Morgan fingerprint density at radius 2 is 1.68 bits per heavy atom. The minimum Gasteiger partial charge on any atom is -0.361 e. The van der Waals surface area contributed by atoms with Gasteiger partial charge in [0, 0.05) is 5.56 Å². The average molecular weight is 374 g/mol. The van der Waals surface area contributed by atoms with Crippen LogP contribution < -0.4 is 5.32 Å². The van der Waals surface area contributed by atoms with Gasteiger partial charge in [-0.1, -0.05) is 42.5 Å². The van der Waals surface area contributed by atoms with Gasteiger partial charge in [-0.05, 0) is 24.6 Å². The summed E-state index contributed by atoms with van der Waals surface area (Å²) in [6.45, 7) is 1.96. The molecule has 25 heavy (non-hydrogen) atoms. The SMILES string of the molecule is CC1NC(c2ccccc2)COC1(O)c1ccc(C(F)(F)F)cc1.Cl. The van der Waals surface area contributed by atoms with E-state index < -0.39 is 23.6 Å².